The number of esters is 1. The van der Waals surface area contributed by atoms with Gasteiger partial charge in [-0.15, -0.1) is 0 Å². The van der Waals surface area contributed by atoms with Crippen molar-refractivity contribution in [2.75, 3.05) is 48.3 Å². The van der Waals surface area contributed by atoms with Crippen LogP contribution in [0.15, 0.2) is 5.16 Å². The highest BCUT2D eigenvalue weighted by molar-refractivity contribution is 5.88. The Morgan fingerprint density at radius 2 is 1.55 bits per heavy atom. The van der Waals surface area contributed by atoms with Gasteiger partial charge in [0.2, 0.25) is 6.79 Å². The van der Waals surface area contributed by atoms with Gasteiger partial charge in [-0.2, -0.15) is 0 Å². The van der Waals surface area contributed by atoms with E-state index in [0.29, 0.717) is 18.7 Å². The highest BCUT2D eigenvalue weighted by atomic mass is 16.7. The van der Waals surface area contributed by atoms with Crippen molar-refractivity contribution < 1.29 is 73.1 Å². The summed E-state index contributed by atoms with van der Waals surface area (Å²) in [5, 5.41) is 63.6. The topological polar surface area (TPSA) is 217 Å². The zero-order chi connectivity index (χ0) is 43.9. The van der Waals surface area contributed by atoms with Crippen molar-refractivity contribution in [1.29, 1.82) is 0 Å². The van der Waals surface area contributed by atoms with Gasteiger partial charge in [0, 0.05) is 44.4 Å². The number of ether oxygens (including phenoxy) is 8. The molecule has 3 saturated heterocycles. The van der Waals surface area contributed by atoms with Crippen molar-refractivity contribution in [1.82, 2.24) is 4.90 Å². The van der Waals surface area contributed by atoms with E-state index in [0.717, 1.165) is 0 Å². The highest BCUT2D eigenvalue weighted by Crippen LogP contribution is 2.41. The van der Waals surface area contributed by atoms with Crippen molar-refractivity contribution in [3.8, 4) is 0 Å². The summed E-state index contributed by atoms with van der Waals surface area (Å²) in [7, 11) is 6.76. The Bertz CT molecular complexity index is 1300. The second kappa shape index (κ2) is 21.5. The molecule has 0 aromatic heterocycles. The summed E-state index contributed by atoms with van der Waals surface area (Å²) in [6.45, 7) is 17.3. The van der Waals surface area contributed by atoms with E-state index in [1.807, 2.05) is 32.8 Å². The maximum atomic E-state index is 14.3. The van der Waals surface area contributed by atoms with Crippen LogP contribution in [0.4, 0.5) is 0 Å². The van der Waals surface area contributed by atoms with Gasteiger partial charge in [0.25, 0.3) is 0 Å². The van der Waals surface area contributed by atoms with Gasteiger partial charge in [-0.3, -0.25) is 4.79 Å². The van der Waals surface area contributed by atoms with Crippen molar-refractivity contribution in [3.05, 3.63) is 0 Å². The van der Waals surface area contributed by atoms with Crippen LogP contribution in [0.3, 0.4) is 0 Å². The molecular formula is C41H76N2O15. The van der Waals surface area contributed by atoms with E-state index in [-0.39, 0.29) is 44.8 Å². The number of carbonyl (C=O) groups excluding carboxylic acids is 1. The molecule has 0 radical (unpaired) electrons. The van der Waals surface area contributed by atoms with E-state index < -0.39 is 102 Å². The fraction of sp³-hybridized carbons (Fsp3) is 0.951. The third-order valence-electron chi connectivity index (χ3n) is 12.6. The second-order valence-corrected chi connectivity index (χ2v) is 17.7. The molecule has 3 aliphatic heterocycles. The SMILES string of the molecule is CC[C@H]1OC(=O)[C@H](C)[C@@H](O[C@H]2C[C@@](C)(OC)[C@@H](O)[C@H](C)O2)[C@H](C)[C@@H](OC2O[C@H](C)C[C@H](N(C)C)[C@H]2O)[C@](C)(O)C[C@@H](C)/C(=N/OCOCCOC)[C@H](C)[C@@H](O)[C@]1(C)O. The van der Waals surface area contributed by atoms with Crippen molar-refractivity contribution in [2.45, 2.75) is 179 Å². The summed E-state index contributed by atoms with van der Waals surface area (Å²) in [5.74, 6) is -4.14. The fourth-order valence-corrected chi connectivity index (χ4v) is 8.93. The minimum absolute atomic E-state index is 0.0307. The lowest BCUT2D eigenvalue weighted by molar-refractivity contribution is -0.317. The van der Waals surface area contributed by atoms with Crippen molar-refractivity contribution >= 4 is 11.7 Å². The molecule has 340 valence electrons. The van der Waals surface area contributed by atoms with Crippen LogP contribution >= 0.6 is 0 Å². The Kier molecular flexibility index (Phi) is 18.8. The van der Waals surface area contributed by atoms with Crippen molar-refractivity contribution in [2.24, 2.45) is 28.8 Å². The van der Waals surface area contributed by atoms with Crippen LogP contribution in [-0.4, -0.2) is 175 Å². The number of methoxy groups -OCH3 is 2. The van der Waals surface area contributed by atoms with E-state index in [4.69, 9.17) is 42.7 Å². The number of aliphatic hydroxyl groups is 5. The number of carbonyl (C=O) groups is 1. The van der Waals surface area contributed by atoms with Gasteiger partial charge >= 0.3 is 5.97 Å². The second-order valence-electron chi connectivity index (χ2n) is 17.7. The predicted molar refractivity (Wildman–Crippen MR) is 212 cm³/mol. The number of cyclic esters (lactones) is 1. The molecule has 0 aromatic carbocycles. The van der Waals surface area contributed by atoms with Gasteiger partial charge in [0.15, 0.2) is 12.6 Å². The average Bonchev–Trinajstić information content (AvgIpc) is 3.15. The minimum Gasteiger partial charge on any atom is -0.459 e. The van der Waals surface area contributed by atoms with Gasteiger partial charge in [-0.1, -0.05) is 32.9 Å². The lowest BCUT2D eigenvalue weighted by Crippen LogP contribution is -2.61. The van der Waals surface area contributed by atoms with Crippen LogP contribution in [0.25, 0.3) is 0 Å². The van der Waals surface area contributed by atoms with E-state index in [1.54, 1.807) is 55.6 Å². The van der Waals surface area contributed by atoms with Crippen LogP contribution < -0.4 is 0 Å². The molecule has 3 fully saturated rings. The number of rotatable bonds is 13. The Hall–Kier alpha value is -1.58. The maximum Gasteiger partial charge on any atom is 0.311 e. The Morgan fingerprint density at radius 3 is 2.14 bits per heavy atom. The molecule has 17 nitrogen and oxygen atoms in total. The normalized spacial score (nSPS) is 45.8. The molecule has 0 aromatic rings. The summed E-state index contributed by atoms with van der Waals surface area (Å²) in [4.78, 5) is 21.8. The molecule has 0 saturated carbocycles. The molecule has 0 aliphatic carbocycles. The largest absolute Gasteiger partial charge is 0.459 e. The molecule has 0 spiro atoms. The summed E-state index contributed by atoms with van der Waals surface area (Å²) >= 11 is 0. The molecule has 18 atom stereocenters. The molecule has 3 rings (SSSR count). The highest BCUT2D eigenvalue weighted by Gasteiger charge is 2.53. The number of hydrogen-bond acceptors (Lipinski definition) is 17. The van der Waals surface area contributed by atoms with E-state index >= 15 is 0 Å². The predicted octanol–water partition coefficient (Wildman–Crippen LogP) is 2.21. The van der Waals surface area contributed by atoms with E-state index in [2.05, 4.69) is 5.16 Å². The molecule has 17 heteroatoms. The molecule has 0 bridgehead atoms. The van der Waals surface area contributed by atoms with E-state index in [9.17, 15) is 30.3 Å². The van der Waals surface area contributed by atoms with Crippen molar-refractivity contribution in [3.63, 3.8) is 0 Å². The van der Waals surface area contributed by atoms with Gasteiger partial charge in [0.1, 0.15) is 23.9 Å². The van der Waals surface area contributed by atoms with Crippen LogP contribution in [0.5, 0.6) is 0 Å². The summed E-state index contributed by atoms with van der Waals surface area (Å²) < 4.78 is 48.1. The summed E-state index contributed by atoms with van der Waals surface area (Å²) in [6, 6.07) is -0.328. The average molecular weight is 837 g/mol. The number of oxime groups is 1. The number of hydrogen-bond donors (Lipinski definition) is 5. The van der Waals surface area contributed by atoms with Gasteiger partial charge in [-0.25, -0.2) is 0 Å². The van der Waals surface area contributed by atoms with Crippen LogP contribution in [0, 0.1) is 23.7 Å². The molecule has 3 heterocycles. The third-order valence-corrected chi connectivity index (χ3v) is 12.6. The monoisotopic (exact) mass is 837 g/mol. The zero-order valence-corrected chi connectivity index (χ0v) is 37.3. The summed E-state index contributed by atoms with van der Waals surface area (Å²) in [6.07, 6.45) is -9.49. The van der Waals surface area contributed by atoms with E-state index in [1.165, 1.54) is 14.0 Å². The molecule has 3 aliphatic rings. The zero-order valence-electron chi connectivity index (χ0n) is 37.3. The molecule has 58 heavy (non-hydrogen) atoms. The first kappa shape index (κ1) is 50.8. The molecule has 5 N–H and O–H groups in total. The maximum absolute atomic E-state index is 14.3. The summed E-state index contributed by atoms with van der Waals surface area (Å²) in [5.41, 5.74) is -4.49. The smallest absolute Gasteiger partial charge is 0.311 e. The Balaban J connectivity index is 2.22. The first-order valence-electron chi connectivity index (χ1n) is 20.8. The molecule has 0 amide bonds. The Morgan fingerprint density at radius 1 is 0.897 bits per heavy atom. The Labute approximate surface area is 345 Å². The third kappa shape index (κ3) is 12.1. The number of aliphatic hydroxyl groups excluding tert-OH is 3. The first-order chi connectivity index (χ1) is 27.0. The van der Waals surface area contributed by atoms with Gasteiger partial charge in [0.05, 0.1) is 66.6 Å². The first-order valence-corrected chi connectivity index (χ1v) is 20.8. The van der Waals surface area contributed by atoms with Gasteiger partial charge in [-0.05, 0) is 74.9 Å². The lowest BCUT2D eigenvalue weighted by atomic mass is 9.73. The number of likely N-dealkylation sites (N-methyl/N-ethyl adjacent to an activating group) is 1. The minimum atomic E-state index is -1.97. The fourth-order valence-electron chi connectivity index (χ4n) is 8.93. The molecule has 1 unspecified atom stereocenters. The lowest BCUT2D eigenvalue weighted by Gasteiger charge is -2.49. The van der Waals surface area contributed by atoms with Gasteiger partial charge < -0.3 is 73.2 Å². The molecular weight excluding hydrogens is 760 g/mol. The van der Waals surface area contributed by atoms with Crippen LogP contribution in [0.2, 0.25) is 0 Å². The quantitative estimate of drug-likeness (QED) is 0.0778. The van der Waals surface area contributed by atoms with Crippen LogP contribution in [0.1, 0.15) is 94.9 Å². The standard InChI is InChI=1S/C41H76N2O15/c1-15-29-41(10,49)34(45)24(4)31(42-53-21-52-17-16-50-13)22(2)19-39(8,48)36(58-38-32(44)28(43(11)12)18-23(3)54-38)25(5)33(26(6)37(47)56-29)57-30-20-40(9,51-14)35(46)27(7)55-30/h22-30,32-36,38,44-46,48-49H,15-21H2,1-14H3/b42-31-/t22-,23-,24+,25+,26-,27+,28+,29-,30+,32-,33+,34-,35+,36-,38?,39-,40-,41-/m1/s1. The number of nitrogens with zero attached hydrogens (tertiary/aromatic N) is 2. The van der Waals surface area contributed by atoms with Crippen LogP contribution in [-0.2, 0) is 47.5 Å².